The van der Waals surface area contributed by atoms with Crippen molar-refractivity contribution in [2.75, 3.05) is 5.32 Å². The summed E-state index contributed by atoms with van der Waals surface area (Å²) in [5.41, 5.74) is 0.841. The highest BCUT2D eigenvalue weighted by molar-refractivity contribution is 6.21. The molecule has 2 aromatic carbocycles. The van der Waals surface area contributed by atoms with Crippen LogP contribution in [0.1, 0.15) is 29.8 Å². The third-order valence-corrected chi connectivity index (χ3v) is 4.64. The quantitative estimate of drug-likeness (QED) is 0.212. The molecule has 0 aliphatic carbocycles. The maximum atomic E-state index is 14.1. The summed E-state index contributed by atoms with van der Waals surface area (Å²) in [7, 11) is 5.85. The van der Waals surface area contributed by atoms with Crippen molar-refractivity contribution in [3.05, 3.63) is 119 Å². The second kappa shape index (κ2) is 12.1. The third kappa shape index (κ3) is 7.27. The molecular weight excluding hydrogens is 444 g/mol. The number of aromatic nitrogens is 1. The number of nitrogens with zero attached hydrogens (tertiary/aromatic N) is 1. The van der Waals surface area contributed by atoms with Crippen molar-refractivity contribution in [2.24, 2.45) is 0 Å². The summed E-state index contributed by atoms with van der Waals surface area (Å²) in [5, 5.41) is 5.12. The Morgan fingerprint density at radius 3 is 2.37 bits per heavy atom. The number of anilines is 1. The molecule has 0 spiro atoms. The van der Waals surface area contributed by atoms with Crippen molar-refractivity contribution in [1.82, 2.24) is 10.3 Å². The zero-order valence-corrected chi connectivity index (χ0v) is 19.3. The van der Waals surface area contributed by atoms with E-state index in [0.717, 1.165) is 0 Å². The minimum atomic E-state index is -0.759. The van der Waals surface area contributed by atoms with Gasteiger partial charge in [0.15, 0.2) is 0 Å². The van der Waals surface area contributed by atoms with Gasteiger partial charge in [0.25, 0.3) is 11.8 Å². The summed E-state index contributed by atoms with van der Waals surface area (Å²) in [4.78, 5) is 29.7. The van der Waals surface area contributed by atoms with Gasteiger partial charge in [-0.3, -0.25) is 9.59 Å². The molecule has 1 aromatic heterocycles. The molecule has 2 radical (unpaired) electrons. The van der Waals surface area contributed by atoms with Gasteiger partial charge in [0.2, 0.25) is 0 Å². The smallest absolute Gasteiger partial charge is 0.273 e. The van der Waals surface area contributed by atoms with Gasteiger partial charge >= 0.3 is 0 Å². The van der Waals surface area contributed by atoms with Crippen LogP contribution in [0.5, 0.6) is 5.75 Å². The van der Waals surface area contributed by atoms with Gasteiger partial charge in [-0.05, 0) is 68.0 Å². The van der Waals surface area contributed by atoms with Crippen LogP contribution < -0.4 is 15.4 Å². The molecule has 2 N–H and O–H groups in total. The molecule has 3 aromatic rings. The first-order chi connectivity index (χ1) is 16.9. The van der Waals surface area contributed by atoms with Crippen molar-refractivity contribution >= 4 is 31.6 Å². The first kappa shape index (κ1) is 25.2. The van der Waals surface area contributed by atoms with Crippen LogP contribution in [0.2, 0.25) is 0 Å². The highest BCUT2D eigenvalue weighted by Gasteiger charge is 2.17. The number of amides is 2. The molecule has 0 aliphatic rings. The highest BCUT2D eigenvalue weighted by Crippen LogP contribution is 2.19. The van der Waals surface area contributed by atoms with Gasteiger partial charge in [-0.2, -0.15) is 0 Å². The summed E-state index contributed by atoms with van der Waals surface area (Å²) in [6, 6.07) is 17.4. The van der Waals surface area contributed by atoms with Gasteiger partial charge in [-0.25, -0.2) is 9.37 Å². The Balaban J connectivity index is 1.88. The Labute approximate surface area is 204 Å². The molecule has 6 nitrogen and oxygen atoms in total. The number of carbonyl (C=O) groups excluding carboxylic acids is 2. The average Bonchev–Trinajstić information content (AvgIpc) is 2.85. The molecule has 2 amide bonds. The molecule has 0 fully saturated rings. The van der Waals surface area contributed by atoms with E-state index in [1.165, 1.54) is 36.5 Å². The maximum Gasteiger partial charge on any atom is 0.273 e. The molecule has 0 bridgehead atoms. The average molecular weight is 467 g/mol. The van der Waals surface area contributed by atoms with E-state index in [1.807, 2.05) is 13.0 Å². The number of pyridine rings is 1. The van der Waals surface area contributed by atoms with Crippen molar-refractivity contribution in [3.63, 3.8) is 0 Å². The van der Waals surface area contributed by atoms with Crippen molar-refractivity contribution in [3.8, 4) is 5.75 Å². The fraction of sp³-hybridized carbons (Fsp3) is 0.0741. The fourth-order valence-electron chi connectivity index (χ4n) is 2.94. The van der Waals surface area contributed by atoms with E-state index in [4.69, 9.17) is 12.6 Å². The number of carbonyl (C=O) groups is 2. The Morgan fingerprint density at radius 1 is 1.03 bits per heavy atom. The lowest BCUT2D eigenvalue weighted by Crippen LogP contribution is -2.31. The highest BCUT2D eigenvalue weighted by atomic mass is 19.1. The lowest BCUT2D eigenvalue weighted by atomic mass is 9.96. The Hall–Kier alpha value is -4.46. The predicted octanol–water partition coefficient (Wildman–Crippen LogP) is 4.99. The van der Waals surface area contributed by atoms with Crippen molar-refractivity contribution in [1.29, 1.82) is 0 Å². The topological polar surface area (TPSA) is 80.3 Å². The largest absolute Gasteiger partial charge is 0.458 e. The van der Waals surface area contributed by atoms with E-state index in [1.54, 1.807) is 55.5 Å². The standard InChI is InChI=1S/C27H23BFN3O3/c1-3-8-24(18(2)28)35-20-14-12-19(13-15-20)17-23(27(34)32-25-11-6-7-16-30-25)31-26(33)21-9-4-5-10-22(21)29/h3-17H,1-2H3,(H,31,33)(H,30,32,34). The molecule has 0 aliphatic heterocycles. The van der Waals surface area contributed by atoms with Crippen molar-refractivity contribution in [2.45, 2.75) is 13.8 Å². The number of hydrogen-bond acceptors (Lipinski definition) is 4. The maximum absolute atomic E-state index is 14.1. The fourth-order valence-corrected chi connectivity index (χ4v) is 2.94. The number of benzene rings is 2. The zero-order valence-electron chi connectivity index (χ0n) is 19.3. The van der Waals surface area contributed by atoms with E-state index in [9.17, 15) is 14.0 Å². The zero-order chi connectivity index (χ0) is 25.2. The van der Waals surface area contributed by atoms with Crippen LogP contribution in [-0.2, 0) is 4.79 Å². The molecule has 0 saturated heterocycles. The molecule has 0 saturated carbocycles. The van der Waals surface area contributed by atoms with Gasteiger partial charge in [0, 0.05) is 6.20 Å². The second-order valence-corrected chi connectivity index (χ2v) is 7.38. The molecular formula is C27H23BFN3O3. The normalized spacial score (nSPS) is 12.1. The number of rotatable bonds is 8. The molecule has 1 heterocycles. The number of halogens is 1. The SMILES string of the molecule is [B]C(C)=C(C=CC)Oc1ccc(C=C(NC(=O)c2ccccc2F)C(=O)Nc2ccccn2)cc1. The van der Waals surface area contributed by atoms with Crippen LogP contribution in [0.4, 0.5) is 10.2 Å². The Kier molecular flexibility index (Phi) is 8.73. The van der Waals surface area contributed by atoms with E-state index < -0.39 is 17.6 Å². The second-order valence-electron chi connectivity index (χ2n) is 7.38. The van der Waals surface area contributed by atoms with E-state index in [2.05, 4.69) is 15.6 Å². The van der Waals surface area contributed by atoms with Gasteiger partial charge in [-0.15, -0.1) is 0 Å². The Morgan fingerprint density at radius 2 is 1.74 bits per heavy atom. The summed E-state index contributed by atoms with van der Waals surface area (Å²) in [6.07, 6.45) is 6.56. The van der Waals surface area contributed by atoms with Crippen LogP contribution in [0.3, 0.4) is 0 Å². The number of nitrogens with one attached hydrogen (secondary N) is 2. The lowest BCUT2D eigenvalue weighted by Gasteiger charge is -2.12. The number of allylic oxidation sites excluding steroid dienone is 3. The van der Waals surface area contributed by atoms with Crippen LogP contribution in [0, 0.1) is 5.82 Å². The van der Waals surface area contributed by atoms with Gasteiger partial charge in [-0.1, -0.05) is 41.9 Å². The van der Waals surface area contributed by atoms with E-state index in [0.29, 0.717) is 28.4 Å². The van der Waals surface area contributed by atoms with Crippen LogP contribution in [0.25, 0.3) is 6.08 Å². The van der Waals surface area contributed by atoms with Gasteiger partial charge < -0.3 is 15.4 Å². The van der Waals surface area contributed by atoms with E-state index >= 15 is 0 Å². The van der Waals surface area contributed by atoms with Crippen molar-refractivity contribution < 1.29 is 18.7 Å². The molecule has 3 rings (SSSR count). The van der Waals surface area contributed by atoms with Crippen LogP contribution >= 0.6 is 0 Å². The summed E-state index contributed by atoms with van der Waals surface area (Å²) < 4.78 is 19.9. The monoisotopic (exact) mass is 467 g/mol. The first-order valence-electron chi connectivity index (χ1n) is 10.7. The molecule has 35 heavy (non-hydrogen) atoms. The minimum Gasteiger partial charge on any atom is -0.458 e. The number of ether oxygens (including phenoxy) is 1. The van der Waals surface area contributed by atoms with Gasteiger partial charge in [0.1, 0.15) is 36.7 Å². The predicted molar refractivity (Wildman–Crippen MR) is 135 cm³/mol. The summed E-state index contributed by atoms with van der Waals surface area (Å²) in [5.74, 6) is -0.724. The molecule has 0 atom stereocenters. The lowest BCUT2D eigenvalue weighted by molar-refractivity contribution is -0.113. The van der Waals surface area contributed by atoms with Crippen LogP contribution in [0.15, 0.2) is 102 Å². The van der Waals surface area contributed by atoms with E-state index in [-0.39, 0.29) is 11.3 Å². The summed E-state index contributed by atoms with van der Waals surface area (Å²) in [6.45, 7) is 3.59. The Bertz CT molecular complexity index is 1280. The molecule has 8 heteroatoms. The first-order valence-corrected chi connectivity index (χ1v) is 10.7. The minimum absolute atomic E-state index is 0.0927. The molecule has 174 valence electrons. The third-order valence-electron chi connectivity index (χ3n) is 4.64. The molecule has 0 unspecified atom stereocenters. The summed E-state index contributed by atoms with van der Waals surface area (Å²) >= 11 is 0. The number of hydrogen-bond donors (Lipinski definition) is 2. The van der Waals surface area contributed by atoms with Crippen LogP contribution in [-0.4, -0.2) is 24.6 Å². The van der Waals surface area contributed by atoms with Gasteiger partial charge in [0.05, 0.1) is 5.56 Å².